The number of piperazine rings is 1. The number of carbonyl (C=O) groups is 3. The van der Waals surface area contributed by atoms with Crippen molar-refractivity contribution >= 4 is 34.6 Å². The molecular weight excluding hydrogens is 815 g/mol. The van der Waals surface area contributed by atoms with E-state index in [1.54, 1.807) is 27.9 Å². The van der Waals surface area contributed by atoms with E-state index in [0.717, 1.165) is 95.2 Å². The number of aliphatic hydroxyl groups is 1. The summed E-state index contributed by atoms with van der Waals surface area (Å²) in [6.45, 7) is 19.8. The van der Waals surface area contributed by atoms with Gasteiger partial charge in [0.1, 0.15) is 17.7 Å². The molecule has 0 radical (unpaired) electrons. The topological polar surface area (TPSA) is 171 Å². The Morgan fingerprint density at radius 3 is 2.53 bits per heavy atom. The average Bonchev–Trinajstić information content (AvgIpc) is 3.58. The highest BCUT2D eigenvalue weighted by molar-refractivity contribution is 5.96. The summed E-state index contributed by atoms with van der Waals surface area (Å²) in [6, 6.07) is 15.1. The number of fused-ring (bicyclic) bond motifs is 2. The van der Waals surface area contributed by atoms with Crippen LogP contribution in [0.2, 0.25) is 0 Å². The summed E-state index contributed by atoms with van der Waals surface area (Å²) < 4.78 is 19.7. The average molecular weight is 882 g/mol. The molecule has 3 aliphatic heterocycles. The molecule has 3 fully saturated rings. The minimum atomic E-state index is -1.04. The fourth-order valence-electron chi connectivity index (χ4n) is 9.27. The molecule has 2 amide bonds. The lowest BCUT2D eigenvalue weighted by Crippen LogP contribution is -2.60. The molecule has 0 spiro atoms. The van der Waals surface area contributed by atoms with Gasteiger partial charge in [-0.2, -0.15) is 0 Å². The summed E-state index contributed by atoms with van der Waals surface area (Å²) in [6.07, 6.45) is 2.60. The van der Waals surface area contributed by atoms with Gasteiger partial charge >= 0.3 is 12.1 Å². The third-order valence-corrected chi connectivity index (χ3v) is 12.7. The van der Waals surface area contributed by atoms with Gasteiger partial charge < -0.3 is 39.2 Å². The minimum absolute atomic E-state index is 0.00145. The highest BCUT2D eigenvalue weighted by atomic mass is 16.6. The SMILES string of the molecule is CCn1c(-c2cc(N3CCN4CCOC[C@@H]4C3)cnc2[C@H](C)OC)c(CC(C)(C)CO)c2cc(-c3cccc(C[C@H](NC(=O)OC(C)(C)C)C(=O)N4CCC[C@@H](C(=O)O)N4)c3)ccc21. The summed E-state index contributed by atoms with van der Waals surface area (Å²) in [7, 11) is 1.71. The molecule has 5 heterocycles. The number of aliphatic carboxylic acids is 1. The zero-order valence-electron chi connectivity index (χ0n) is 38.8. The number of hydrazine groups is 1. The first kappa shape index (κ1) is 46.9. The Labute approximate surface area is 377 Å². The fourth-order valence-corrected chi connectivity index (χ4v) is 9.27. The van der Waals surface area contributed by atoms with E-state index in [-0.39, 0.29) is 19.1 Å². The molecule has 346 valence electrons. The van der Waals surface area contributed by atoms with Gasteiger partial charge in [0.15, 0.2) is 0 Å². The van der Waals surface area contributed by atoms with Gasteiger partial charge in [0.25, 0.3) is 5.91 Å². The van der Waals surface area contributed by atoms with Crippen LogP contribution in [-0.2, 0) is 43.2 Å². The molecule has 15 heteroatoms. The van der Waals surface area contributed by atoms with Crippen molar-refractivity contribution in [3.05, 3.63) is 71.5 Å². The molecule has 15 nitrogen and oxygen atoms in total. The van der Waals surface area contributed by atoms with Crippen molar-refractivity contribution in [3.8, 4) is 22.4 Å². The number of rotatable bonds is 14. The summed E-state index contributed by atoms with van der Waals surface area (Å²) in [4.78, 5) is 49.1. The second kappa shape index (κ2) is 19.6. The number of hydrogen-bond donors (Lipinski definition) is 4. The number of pyridine rings is 1. The fraction of sp³-hybridized carbons (Fsp3) is 0.551. The van der Waals surface area contributed by atoms with E-state index in [0.29, 0.717) is 38.4 Å². The van der Waals surface area contributed by atoms with Gasteiger partial charge in [0.05, 0.1) is 48.6 Å². The highest BCUT2D eigenvalue weighted by Gasteiger charge is 2.35. The summed E-state index contributed by atoms with van der Waals surface area (Å²) in [5.74, 6) is -1.48. The van der Waals surface area contributed by atoms with Crippen molar-refractivity contribution in [2.24, 2.45) is 5.41 Å². The molecule has 7 rings (SSSR count). The zero-order chi connectivity index (χ0) is 45.9. The predicted octanol–water partition coefficient (Wildman–Crippen LogP) is 6.20. The van der Waals surface area contributed by atoms with Crippen LogP contribution in [0.15, 0.2) is 54.7 Å². The Morgan fingerprint density at radius 2 is 1.81 bits per heavy atom. The van der Waals surface area contributed by atoms with E-state index in [1.807, 2.05) is 37.4 Å². The molecule has 3 aliphatic rings. The van der Waals surface area contributed by atoms with E-state index < -0.39 is 41.1 Å². The monoisotopic (exact) mass is 882 g/mol. The molecule has 0 aliphatic carbocycles. The number of amides is 2. The number of morpholine rings is 1. The van der Waals surface area contributed by atoms with Gasteiger partial charge in [-0.05, 0) is 99.7 Å². The number of aliphatic hydroxyl groups excluding tert-OH is 1. The number of aryl methyl sites for hydroxylation is 1. The first-order valence-corrected chi connectivity index (χ1v) is 22.7. The number of aromatic nitrogens is 2. The molecule has 3 saturated heterocycles. The molecule has 4 atom stereocenters. The van der Waals surface area contributed by atoms with E-state index in [1.165, 1.54) is 5.01 Å². The van der Waals surface area contributed by atoms with E-state index in [9.17, 15) is 24.6 Å². The van der Waals surface area contributed by atoms with Crippen LogP contribution in [0.4, 0.5) is 10.5 Å². The first-order chi connectivity index (χ1) is 30.5. The van der Waals surface area contributed by atoms with Crippen molar-refractivity contribution in [2.45, 2.75) is 111 Å². The number of benzene rings is 2. The van der Waals surface area contributed by atoms with E-state index >= 15 is 0 Å². The van der Waals surface area contributed by atoms with Crippen LogP contribution in [-0.4, -0.2) is 131 Å². The number of nitrogens with zero attached hydrogens (tertiary/aromatic N) is 5. The molecule has 0 bridgehead atoms. The number of methoxy groups -OCH3 is 1. The molecule has 2 aromatic carbocycles. The largest absolute Gasteiger partial charge is 0.480 e. The highest BCUT2D eigenvalue weighted by Crippen LogP contribution is 2.43. The lowest BCUT2D eigenvalue weighted by Gasteiger charge is -2.44. The maximum atomic E-state index is 14.0. The van der Waals surface area contributed by atoms with Crippen molar-refractivity contribution in [3.63, 3.8) is 0 Å². The third-order valence-electron chi connectivity index (χ3n) is 12.7. The van der Waals surface area contributed by atoms with E-state index in [2.05, 4.69) is 70.1 Å². The maximum absolute atomic E-state index is 14.0. The van der Waals surface area contributed by atoms with Crippen molar-refractivity contribution < 1.29 is 38.8 Å². The van der Waals surface area contributed by atoms with Crippen molar-refractivity contribution in [1.82, 2.24) is 30.2 Å². The summed E-state index contributed by atoms with van der Waals surface area (Å²) >= 11 is 0. The third kappa shape index (κ3) is 10.6. The smallest absolute Gasteiger partial charge is 0.408 e. The normalized spacial score (nSPS) is 19.6. The standard InChI is InChI=1S/C49H67N7O8/c1-9-55-42-16-15-34(33-13-10-12-32(22-33)23-41(51-47(61)64-48(3,4)5)45(58)56-17-11-14-40(52-56)46(59)60)24-37(42)39(26-49(6,7)30-57)44(55)38-25-35(27-50-43(38)31(2)62-8)54-19-18-53-20-21-63-29-36(53)28-54/h10,12-13,15-16,22,24-25,27,31,36,40-41,52,57H,9,11,14,17-21,23,26,28-30H2,1-8H3,(H,51,61)(H,59,60)/t31-,36-,40-,41-/m0/s1. The lowest BCUT2D eigenvalue weighted by molar-refractivity contribution is -0.147. The quantitative estimate of drug-likeness (QED) is 0.113. The Morgan fingerprint density at radius 1 is 1.03 bits per heavy atom. The molecule has 4 aromatic rings. The van der Waals surface area contributed by atoms with Gasteiger partial charge in [-0.15, -0.1) is 0 Å². The molecule has 64 heavy (non-hydrogen) atoms. The number of carboxylic acids is 1. The lowest BCUT2D eigenvalue weighted by atomic mass is 9.84. The van der Waals surface area contributed by atoms with Gasteiger partial charge in [0.2, 0.25) is 0 Å². The minimum Gasteiger partial charge on any atom is -0.480 e. The number of carbonyl (C=O) groups excluding carboxylic acids is 2. The van der Waals surface area contributed by atoms with Gasteiger partial charge in [-0.25, -0.2) is 10.2 Å². The Bertz CT molecular complexity index is 2320. The summed E-state index contributed by atoms with van der Waals surface area (Å²) in [5, 5.41) is 25.5. The van der Waals surface area contributed by atoms with Crippen LogP contribution >= 0.6 is 0 Å². The van der Waals surface area contributed by atoms with Crippen LogP contribution in [0, 0.1) is 5.41 Å². The predicted molar refractivity (Wildman–Crippen MR) is 247 cm³/mol. The molecular formula is C49H67N7O8. The van der Waals surface area contributed by atoms with Crippen LogP contribution in [0.3, 0.4) is 0 Å². The van der Waals surface area contributed by atoms with Gasteiger partial charge in [-0.1, -0.05) is 44.2 Å². The van der Waals surface area contributed by atoms with Crippen LogP contribution in [0.25, 0.3) is 33.3 Å². The second-order valence-corrected chi connectivity index (χ2v) is 19.3. The Kier molecular flexibility index (Phi) is 14.4. The number of ether oxygens (including phenoxy) is 3. The number of nitrogens with one attached hydrogen (secondary N) is 2. The number of hydrogen-bond acceptors (Lipinski definition) is 11. The van der Waals surface area contributed by atoms with Crippen LogP contribution < -0.4 is 15.6 Å². The van der Waals surface area contributed by atoms with E-state index in [4.69, 9.17) is 19.2 Å². The van der Waals surface area contributed by atoms with Crippen molar-refractivity contribution in [1.29, 1.82) is 0 Å². The Balaban J connectivity index is 1.29. The molecule has 0 saturated carbocycles. The van der Waals surface area contributed by atoms with Crippen molar-refractivity contribution in [2.75, 3.05) is 64.6 Å². The van der Waals surface area contributed by atoms with Crippen LogP contribution in [0.5, 0.6) is 0 Å². The molecule has 0 unspecified atom stereocenters. The van der Waals surface area contributed by atoms with Gasteiger partial charge in [0, 0.05) is 75.9 Å². The Hall–Kier alpha value is -5.06. The van der Waals surface area contributed by atoms with Gasteiger partial charge in [-0.3, -0.25) is 24.5 Å². The second-order valence-electron chi connectivity index (χ2n) is 19.3. The zero-order valence-corrected chi connectivity index (χ0v) is 38.8. The number of alkyl carbamates (subject to hydrolysis) is 1. The molecule has 4 N–H and O–H groups in total. The first-order valence-electron chi connectivity index (χ1n) is 22.7. The van der Waals surface area contributed by atoms with Crippen LogP contribution in [0.1, 0.15) is 84.2 Å². The molecule has 2 aromatic heterocycles. The maximum Gasteiger partial charge on any atom is 0.408 e. The number of carboxylic acid groups (broad SMARTS) is 1. The summed E-state index contributed by atoms with van der Waals surface area (Å²) in [5.41, 5.74) is 10.4. The number of anilines is 1.